The highest BCUT2D eigenvalue weighted by Crippen LogP contribution is 2.26. The maximum atomic E-state index is 12.6. The molecule has 3 rings (SSSR count). The molecule has 1 amide bonds. The summed E-state index contributed by atoms with van der Waals surface area (Å²) in [6.45, 7) is 10.1. The molecule has 0 saturated heterocycles. The zero-order valence-corrected chi connectivity index (χ0v) is 16.6. The Labute approximate surface area is 155 Å². The summed E-state index contributed by atoms with van der Waals surface area (Å²) in [5.41, 5.74) is 4.58. The molecule has 1 aromatic heterocycles. The van der Waals surface area contributed by atoms with E-state index in [9.17, 15) is 4.79 Å². The summed E-state index contributed by atoms with van der Waals surface area (Å²) < 4.78 is 0. The fraction of sp³-hybridized carbons (Fsp3) is 0.476. The summed E-state index contributed by atoms with van der Waals surface area (Å²) in [7, 11) is 2.17. The SMILES string of the molecule is Cc1ccc(CCN(C)CCCN2Cc3cc(C)c(C)cc3C2=O)s1. The minimum absolute atomic E-state index is 0.204. The third kappa shape index (κ3) is 4.31. The second-order valence-electron chi connectivity index (χ2n) is 7.24. The van der Waals surface area contributed by atoms with E-state index in [0.29, 0.717) is 0 Å². The van der Waals surface area contributed by atoms with Crippen LogP contribution in [-0.2, 0) is 13.0 Å². The molecule has 0 atom stereocenters. The molecular weight excluding hydrogens is 328 g/mol. The zero-order valence-electron chi connectivity index (χ0n) is 15.8. The Morgan fingerprint density at radius 2 is 1.88 bits per heavy atom. The molecular formula is C21H28N2OS. The van der Waals surface area contributed by atoms with E-state index in [2.05, 4.69) is 57.0 Å². The first-order valence-electron chi connectivity index (χ1n) is 9.07. The molecule has 0 radical (unpaired) electrons. The first kappa shape index (κ1) is 18.2. The van der Waals surface area contributed by atoms with Crippen LogP contribution in [0, 0.1) is 20.8 Å². The fourth-order valence-corrected chi connectivity index (χ4v) is 4.28. The Bertz CT molecular complexity index is 765. The summed E-state index contributed by atoms with van der Waals surface area (Å²) in [6.07, 6.45) is 2.14. The number of amides is 1. The van der Waals surface area contributed by atoms with Crippen molar-refractivity contribution in [2.75, 3.05) is 26.7 Å². The van der Waals surface area contributed by atoms with Gasteiger partial charge in [-0.2, -0.15) is 0 Å². The van der Waals surface area contributed by atoms with Crippen LogP contribution in [0.4, 0.5) is 0 Å². The van der Waals surface area contributed by atoms with Gasteiger partial charge >= 0.3 is 0 Å². The van der Waals surface area contributed by atoms with Crippen LogP contribution in [0.1, 0.15) is 43.2 Å². The molecule has 0 unspecified atom stereocenters. The van der Waals surface area contributed by atoms with Crippen molar-refractivity contribution < 1.29 is 4.79 Å². The number of hydrogen-bond acceptors (Lipinski definition) is 3. The predicted octanol–water partition coefficient (Wildman–Crippen LogP) is 4.19. The van der Waals surface area contributed by atoms with Gasteiger partial charge in [-0.05, 0) is 82.1 Å². The van der Waals surface area contributed by atoms with Crippen molar-refractivity contribution >= 4 is 17.2 Å². The highest BCUT2D eigenvalue weighted by molar-refractivity contribution is 7.11. The van der Waals surface area contributed by atoms with Crippen LogP contribution >= 0.6 is 11.3 Å². The maximum absolute atomic E-state index is 12.6. The van der Waals surface area contributed by atoms with Gasteiger partial charge in [-0.15, -0.1) is 11.3 Å². The largest absolute Gasteiger partial charge is 0.334 e. The summed E-state index contributed by atoms with van der Waals surface area (Å²) in [6, 6.07) is 8.66. The van der Waals surface area contributed by atoms with Gasteiger partial charge in [0.2, 0.25) is 0 Å². The second kappa shape index (κ2) is 7.71. The van der Waals surface area contributed by atoms with Crippen molar-refractivity contribution in [3.63, 3.8) is 0 Å². The van der Waals surface area contributed by atoms with E-state index >= 15 is 0 Å². The number of carbonyl (C=O) groups is 1. The van der Waals surface area contributed by atoms with Crippen LogP contribution in [0.2, 0.25) is 0 Å². The molecule has 0 bridgehead atoms. The Hall–Kier alpha value is -1.65. The lowest BCUT2D eigenvalue weighted by atomic mass is 10.0. The van der Waals surface area contributed by atoms with Gasteiger partial charge in [-0.3, -0.25) is 4.79 Å². The van der Waals surface area contributed by atoms with Gasteiger partial charge in [-0.25, -0.2) is 0 Å². The molecule has 1 aliphatic heterocycles. The lowest BCUT2D eigenvalue weighted by Gasteiger charge is -2.19. The van der Waals surface area contributed by atoms with Crippen LogP contribution in [0.3, 0.4) is 0 Å². The molecule has 0 saturated carbocycles. The molecule has 0 spiro atoms. The number of nitrogens with zero attached hydrogens (tertiary/aromatic N) is 2. The first-order valence-corrected chi connectivity index (χ1v) is 9.89. The standard InChI is InChI=1S/C21H28N2OS/c1-15-12-18-14-23(21(24)20(18)13-16(15)2)10-5-9-22(4)11-8-19-7-6-17(3)25-19/h6-7,12-13H,5,8-11,14H2,1-4H3. The smallest absolute Gasteiger partial charge is 0.254 e. The lowest BCUT2D eigenvalue weighted by molar-refractivity contribution is 0.0772. The normalized spacial score (nSPS) is 13.8. The van der Waals surface area contributed by atoms with Crippen molar-refractivity contribution in [1.82, 2.24) is 9.80 Å². The van der Waals surface area contributed by atoms with E-state index in [1.807, 2.05) is 16.2 Å². The van der Waals surface area contributed by atoms with Gasteiger partial charge in [0.25, 0.3) is 5.91 Å². The summed E-state index contributed by atoms with van der Waals surface area (Å²) in [5.74, 6) is 0.204. The van der Waals surface area contributed by atoms with E-state index in [0.717, 1.165) is 44.6 Å². The van der Waals surface area contributed by atoms with Gasteiger partial charge in [0.15, 0.2) is 0 Å². The Balaban J connectivity index is 1.44. The quantitative estimate of drug-likeness (QED) is 0.742. The third-order valence-corrected chi connectivity index (χ3v) is 6.16. The monoisotopic (exact) mass is 356 g/mol. The molecule has 134 valence electrons. The summed E-state index contributed by atoms with van der Waals surface area (Å²) >= 11 is 1.89. The Morgan fingerprint density at radius 1 is 1.12 bits per heavy atom. The molecule has 2 heterocycles. The number of carbonyl (C=O) groups excluding carboxylic acids is 1. The third-order valence-electron chi connectivity index (χ3n) is 5.10. The van der Waals surface area contributed by atoms with E-state index in [-0.39, 0.29) is 5.91 Å². The maximum Gasteiger partial charge on any atom is 0.254 e. The molecule has 1 aromatic carbocycles. The van der Waals surface area contributed by atoms with Gasteiger partial charge in [0.05, 0.1) is 0 Å². The van der Waals surface area contributed by atoms with Crippen LogP contribution in [0.5, 0.6) is 0 Å². The molecule has 0 N–H and O–H groups in total. The number of aryl methyl sites for hydroxylation is 3. The van der Waals surface area contributed by atoms with Crippen LogP contribution < -0.4 is 0 Å². The van der Waals surface area contributed by atoms with Gasteiger partial charge in [0, 0.05) is 35.0 Å². The highest BCUT2D eigenvalue weighted by atomic mass is 32.1. The van der Waals surface area contributed by atoms with Crippen LogP contribution in [0.25, 0.3) is 0 Å². The van der Waals surface area contributed by atoms with Crippen molar-refractivity contribution in [3.05, 3.63) is 56.3 Å². The molecule has 0 aliphatic carbocycles. The molecule has 1 aliphatic rings. The van der Waals surface area contributed by atoms with E-state index in [4.69, 9.17) is 0 Å². The minimum atomic E-state index is 0.204. The van der Waals surface area contributed by atoms with E-state index in [1.54, 1.807) is 0 Å². The average Bonchev–Trinajstić information content (AvgIpc) is 3.11. The first-order chi connectivity index (χ1) is 11.9. The lowest BCUT2D eigenvalue weighted by Crippen LogP contribution is -2.29. The zero-order chi connectivity index (χ0) is 18.0. The number of likely N-dealkylation sites (N-methyl/N-ethyl adjacent to an activating group) is 1. The molecule has 4 heteroatoms. The van der Waals surface area contributed by atoms with Crippen molar-refractivity contribution in [2.24, 2.45) is 0 Å². The van der Waals surface area contributed by atoms with E-state index < -0.39 is 0 Å². The molecule has 25 heavy (non-hydrogen) atoms. The van der Waals surface area contributed by atoms with E-state index in [1.165, 1.54) is 26.4 Å². The predicted molar refractivity (Wildman–Crippen MR) is 106 cm³/mol. The second-order valence-corrected chi connectivity index (χ2v) is 8.61. The molecule has 0 fully saturated rings. The van der Waals surface area contributed by atoms with Gasteiger partial charge in [-0.1, -0.05) is 6.07 Å². The minimum Gasteiger partial charge on any atom is -0.334 e. The van der Waals surface area contributed by atoms with Crippen molar-refractivity contribution in [3.8, 4) is 0 Å². The van der Waals surface area contributed by atoms with Crippen molar-refractivity contribution in [1.29, 1.82) is 0 Å². The van der Waals surface area contributed by atoms with Crippen LogP contribution in [0.15, 0.2) is 24.3 Å². The topological polar surface area (TPSA) is 23.6 Å². The van der Waals surface area contributed by atoms with Gasteiger partial charge < -0.3 is 9.80 Å². The Morgan fingerprint density at radius 3 is 2.60 bits per heavy atom. The number of thiophene rings is 1. The average molecular weight is 357 g/mol. The highest BCUT2D eigenvalue weighted by Gasteiger charge is 2.27. The number of benzene rings is 1. The summed E-state index contributed by atoms with van der Waals surface area (Å²) in [4.78, 5) is 19.8. The molecule has 3 nitrogen and oxygen atoms in total. The van der Waals surface area contributed by atoms with Crippen molar-refractivity contribution in [2.45, 2.75) is 40.2 Å². The number of hydrogen-bond donors (Lipinski definition) is 0. The van der Waals surface area contributed by atoms with Crippen LogP contribution in [-0.4, -0.2) is 42.4 Å². The van der Waals surface area contributed by atoms with Gasteiger partial charge in [0.1, 0.15) is 0 Å². The number of fused-ring (bicyclic) bond motifs is 1. The molecule has 2 aromatic rings. The Kier molecular flexibility index (Phi) is 5.60. The number of rotatable bonds is 7. The fourth-order valence-electron chi connectivity index (χ4n) is 3.40. The summed E-state index contributed by atoms with van der Waals surface area (Å²) in [5, 5.41) is 0.